The van der Waals surface area contributed by atoms with Crippen molar-refractivity contribution in [2.75, 3.05) is 0 Å². The van der Waals surface area contributed by atoms with E-state index in [1.165, 1.54) is 48.9 Å². The molecule has 0 aliphatic heterocycles. The van der Waals surface area contributed by atoms with Crippen molar-refractivity contribution in [2.24, 2.45) is 36.6 Å². The second kappa shape index (κ2) is 7.08. The molecule has 1 aromatic carbocycles. The molecule has 4 aliphatic rings. The topological polar surface area (TPSA) is 3.88 Å². The zero-order valence-corrected chi connectivity index (χ0v) is 20.0. The average molecular weight is 405 g/mol. The number of nitrogens with zero attached hydrogens (tertiary/aromatic N) is 1. The van der Waals surface area contributed by atoms with Gasteiger partial charge in [-0.15, -0.1) is 0 Å². The Hall–Kier alpha value is -1.41. The van der Waals surface area contributed by atoms with Crippen molar-refractivity contribution in [3.05, 3.63) is 47.7 Å². The number of aryl methyl sites for hydroxylation is 2. The number of rotatable bonds is 4. The van der Waals surface area contributed by atoms with Gasteiger partial charge in [-0.1, -0.05) is 37.8 Å². The maximum atomic E-state index is 2.58. The van der Waals surface area contributed by atoms with Crippen LogP contribution in [0.3, 0.4) is 0 Å². The van der Waals surface area contributed by atoms with Crippen molar-refractivity contribution >= 4 is 13.3 Å². The molecule has 0 amide bonds. The molecule has 6 rings (SSSR count). The van der Waals surface area contributed by atoms with E-state index in [2.05, 4.69) is 74.7 Å². The van der Waals surface area contributed by atoms with Crippen LogP contribution in [0.4, 0.5) is 0 Å². The number of pyridine rings is 1. The summed E-state index contributed by atoms with van der Waals surface area (Å²) in [5, 5.41) is 1.69. The molecule has 0 saturated heterocycles. The molecule has 1 nitrogen and oxygen atoms in total. The molecular formula is C27H38NSi+. The molecule has 0 atom stereocenters. The second-order valence-corrected chi connectivity index (χ2v) is 16.6. The Morgan fingerprint density at radius 3 is 2.14 bits per heavy atom. The van der Waals surface area contributed by atoms with Crippen molar-refractivity contribution in [2.45, 2.75) is 65.1 Å². The van der Waals surface area contributed by atoms with Gasteiger partial charge in [0.1, 0.15) is 7.05 Å². The lowest BCUT2D eigenvalue weighted by Gasteiger charge is -2.54. The molecule has 0 radical (unpaired) electrons. The Kier molecular flexibility index (Phi) is 4.77. The minimum absolute atomic E-state index is 0.940. The fraction of sp³-hybridized carbons (Fsp3) is 0.593. The first-order chi connectivity index (χ1) is 13.8. The second-order valence-electron chi connectivity index (χ2n) is 11.6. The van der Waals surface area contributed by atoms with E-state index in [-0.39, 0.29) is 0 Å². The molecule has 1 aromatic heterocycles. The Morgan fingerprint density at radius 1 is 0.931 bits per heavy atom. The fourth-order valence-corrected chi connectivity index (χ4v) is 9.01. The number of aromatic nitrogens is 1. The van der Waals surface area contributed by atoms with Gasteiger partial charge >= 0.3 is 0 Å². The van der Waals surface area contributed by atoms with Crippen LogP contribution in [0.5, 0.6) is 0 Å². The van der Waals surface area contributed by atoms with Crippen LogP contribution in [0.15, 0.2) is 36.5 Å². The summed E-state index contributed by atoms with van der Waals surface area (Å²) in [7, 11) is 0.855. The standard InChI is InChI=1S/C27H38NSi/c1-18-8-6-7-9-24(18)26-16-23(27(17-28(26)2)29(3,4)5)15-25-21-11-19-10-20(13-21)14-22(25)12-19/h6-9,16-17,19-22,25H,10-15H2,1-5H3/q+1. The van der Waals surface area contributed by atoms with E-state index >= 15 is 0 Å². The lowest BCUT2D eigenvalue weighted by atomic mass is 9.51. The fourth-order valence-electron chi connectivity index (χ4n) is 7.29. The summed E-state index contributed by atoms with van der Waals surface area (Å²) >= 11 is 0. The first kappa shape index (κ1) is 19.5. The van der Waals surface area contributed by atoms with Crippen LogP contribution < -0.4 is 9.75 Å². The van der Waals surface area contributed by atoms with Crippen LogP contribution in [0.2, 0.25) is 19.6 Å². The third kappa shape index (κ3) is 3.52. The Labute approximate surface area is 178 Å². The molecular weight excluding hydrogens is 366 g/mol. The number of hydrogen-bond donors (Lipinski definition) is 0. The third-order valence-electron chi connectivity index (χ3n) is 8.47. The quantitative estimate of drug-likeness (QED) is 0.458. The zero-order valence-electron chi connectivity index (χ0n) is 19.0. The summed E-state index contributed by atoms with van der Waals surface area (Å²) in [5.74, 6) is 5.10. The van der Waals surface area contributed by atoms with E-state index in [4.69, 9.17) is 0 Å². The van der Waals surface area contributed by atoms with E-state index < -0.39 is 8.07 Å². The highest BCUT2D eigenvalue weighted by atomic mass is 28.3. The molecule has 154 valence electrons. The van der Waals surface area contributed by atoms with E-state index in [1.54, 1.807) is 17.2 Å². The summed E-state index contributed by atoms with van der Waals surface area (Å²) in [4.78, 5) is 0. The smallest absolute Gasteiger partial charge is 0.201 e. The summed E-state index contributed by atoms with van der Waals surface area (Å²) in [6.45, 7) is 9.82. The lowest BCUT2D eigenvalue weighted by Crippen LogP contribution is -2.49. The van der Waals surface area contributed by atoms with Gasteiger partial charge in [0.05, 0.1) is 8.07 Å². The highest BCUT2D eigenvalue weighted by Gasteiger charge is 2.48. The van der Waals surface area contributed by atoms with E-state index in [0.29, 0.717) is 0 Å². The van der Waals surface area contributed by atoms with Crippen molar-refractivity contribution in [1.82, 2.24) is 0 Å². The lowest BCUT2D eigenvalue weighted by molar-refractivity contribution is -0.659. The third-order valence-corrected chi connectivity index (χ3v) is 10.5. The highest BCUT2D eigenvalue weighted by Crippen LogP contribution is 2.57. The van der Waals surface area contributed by atoms with Crippen LogP contribution in [0.1, 0.15) is 43.2 Å². The maximum Gasteiger partial charge on any atom is 0.212 e. The molecule has 0 N–H and O–H groups in total. The maximum absolute atomic E-state index is 2.58. The molecule has 4 saturated carbocycles. The van der Waals surface area contributed by atoms with Crippen LogP contribution >= 0.6 is 0 Å². The van der Waals surface area contributed by atoms with Crippen LogP contribution in [0.25, 0.3) is 11.3 Å². The Bertz CT molecular complexity index is 895. The van der Waals surface area contributed by atoms with Crippen LogP contribution in [-0.2, 0) is 13.5 Å². The molecule has 29 heavy (non-hydrogen) atoms. The van der Waals surface area contributed by atoms with Crippen molar-refractivity contribution in [1.29, 1.82) is 0 Å². The summed E-state index contributed by atoms with van der Waals surface area (Å²) in [6, 6.07) is 11.5. The average Bonchev–Trinajstić information content (AvgIpc) is 2.65. The molecule has 4 fully saturated rings. The highest BCUT2D eigenvalue weighted by molar-refractivity contribution is 6.88. The molecule has 4 aliphatic carbocycles. The van der Waals surface area contributed by atoms with Crippen LogP contribution in [0, 0.1) is 36.5 Å². The van der Waals surface area contributed by atoms with Gasteiger partial charge in [-0.2, -0.15) is 0 Å². The molecule has 1 heterocycles. The SMILES string of the molecule is Cc1ccccc1-c1cc(CC2C3CC4CC(C3)CC2C4)c([Si](C)(C)C)c[n+]1C. The molecule has 0 spiro atoms. The first-order valence-corrected chi connectivity index (χ1v) is 15.4. The largest absolute Gasteiger partial charge is 0.212 e. The van der Waals surface area contributed by atoms with Gasteiger partial charge in [0.25, 0.3) is 0 Å². The van der Waals surface area contributed by atoms with Gasteiger partial charge in [0, 0.05) is 16.8 Å². The zero-order chi connectivity index (χ0) is 20.3. The number of hydrogen-bond acceptors (Lipinski definition) is 0. The summed E-state index contributed by atoms with van der Waals surface area (Å²) < 4.78 is 2.40. The minimum atomic E-state index is -1.39. The van der Waals surface area contributed by atoms with Crippen molar-refractivity contribution < 1.29 is 4.57 Å². The van der Waals surface area contributed by atoms with Gasteiger partial charge in [-0.25, -0.2) is 4.57 Å². The Morgan fingerprint density at radius 2 is 1.55 bits per heavy atom. The van der Waals surface area contributed by atoms with Gasteiger partial charge < -0.3 is 0 Å². The van der Waals surface area contributed by atoms with E-state index in [0.717, 1.165) is 29.6 Å². The molecule has 2 heteroatoms. The molecule has 4 bridgehead atoms. The van der Waals surface area contributed by atoms with Crippen molar-refractivity contribution in [3.8, 4) is 11.3 Å². The van der Waals surface area contributed by atoms with Crippen molar-refractivity contribution in [3.63, 3.8) is 0 Å². The predicted molar refractivity (Wildman–Crippen MR) is 125 cm³/mol. The Balaban J connectivity index is 1.56. The van der Waals surface area contributed by atoms with Gasteiger partial charge in [-0.3, -0.25) is 0 Å². The van der Waals surface area contributed by atoms with Crippen LogP contribution in [-0.4, -0.2) is 8.07 Å². The molecule has 2 aromatic rings. The normalized spacial score (nSPS) is 30.7. The van der Waals surface area contributed by atoms with Gasteiger partial charge in [0.15, 0.2) is 6.20 Å². The van der Waals surface area contributed by atoms with E-state index in [9.17, 15) is 0 Å². The first-order valence-electron chi connectivity index (χ1n) is 11.9. The minimum Gasteiger partial charge on any atom is -0.201 e. The molecule has 0 unspecified atom stereocenters. The number of benzene rings is 1. The summed E-state index contributed by atoms with van der Waals surface area (Å²) in [6.07, 6.45) is 11.5. The van der Waals surface area contributed by atoms with E-state index in [1.807, 2.05) is 0 Å². The monoisotopic (exact) mass is 404 g/mol. The predicted octanol–water partition coefficient (Wildman–Crippen LogP) is 5.65. The summed E-state index contributed by atoms with van der Waals surface area (Å²) in [5.41, 5.74) is 5.84. The van der Waals surface area contributed by atoms with Gasteiger partial charge in [-0.05, 0) is 92.2 Å². The van der Waals surface area contributed by atoms with Gasteiger partial charge in [0.2, 0.25) is 5.69 Å².